The molecular weight excluding hydrogens is 336 g/mol. The molecule has 3 rings (SSSR count). The molecule has 2 aromatic carbocycles. The van der Waals surface area contributed by atoms with Crippen LogP contribution in [0.5, 0.6) is 0 Å². The molecule has 0 spiro atoms. The summed E-state index contributed by atoms with van der Waals surface area (Å²) < 4.78 is 0. The number of nitrogens with one attached hydrogen (secondary N) is 2. The number of anilines is 4. The standard InChI is InChI=1S/C21H26N6/c1-4-27(5-2)19-13-11-18(12-14-19)24-20-15-22-26-21(25-20)23-16(3)17-9-7-6-8-10-17/h6-16H,4-5H2,1-3H3,(H2,23,24,25,26). The fourth-order valence-corrected chi connectivity index (χ4v) is 2.94. The van der Waals surface area contributed by atoms with E-state index in [1.54, 1.807) is 6.20 Å². The van der Waals surface area contributed by atoms with Crippen LogP contribution in [0.2, 0.25) is 0 Å². The summed E-state index contributed by atoms with van der Waals surface area (Å²) in [4.78, 5) is 6.83. The lowest BCUT2D eigenvalue weighted by molar-refractivity contribution is 0.841. The molecule has 0 aliphatic carbocycles. The van der Waals surface area contributed by atoms with Gasteiger partial charge in [0.1, 0.15) is 0 Å². The largest absolute Gasteiger partial charge is 0.372 e. The van der Waals surface area contributed by atoms with Gasteiger partial charge in [-0.15, -0.1) is 5.10 Å². The minimum atomic E-state index is 0.0941. The third-order valence-corrected chi connectivity index (χ3v) is 4.47. The Bertz CT molecular complexity index is 831. The summed E-state index contributed by atoms with van der Waals surface area (Å²) in [7, 11) is 0. The average molecular weight is 362 g/mol. The molecule has 1 unspecified atom stereocenters. The minimum Gasteiger partial charge on any atom is -0.372 e. The van der Waals surface area contributed by atoms with Crippen molar-refractivity contribution in [2.75, 3.05) is 28.6 Å². The van der Waals surface area contributed by atoms with Crippen molar-refractivity contribution < 1.29 is 0 Å². The smallest absolute Gasteiger partial charge is 0.245 e. The van der Waals surface area contributed by atoms with Crippen LogP contribution in [0.4, 0.5) is 23.1 Å². The number of rotatable bonds is 8. The third kappa shape index (κ3) is 4.94. The Balaban J connectivity index is 1.67. The topological polar surface area (TPSA) is 66.0 Å². The number of aromatic nitrogens is 3. The molecule has 6 nitrogen and oxygen atoms in total. The highest BCUT2D eigenvalue weighted by molar-refractivity contribution is 5.60. The van der Waals surface area contributed by atoms with Gasteiger partial charge in [0.15, 0.2) is 5.82 Å². The fraction of sp³-hybridized carbons (Fsp3) is 0.286. The Morgan fingerprint density at radius 2 is 1.67 bits per heavy atom. The van der Waals surface area contributed by atoms with E-state index in [0.29, 0.717) is 11.8 Å². The van der Waals surface area contributed by atoms with E-state index in [0.717, 1.165) is 18.8 Å². The Kier molecular flexibility index (Phi) is 6.20. The predicted octanol–water partition coefficient (Wildman–Crippen LogP) is 4.63. The second-order valence-corrected chi connectivity index (χ2v) is 6.29. The lowest BCUT2D eigenvalue weighted by Crippen LogP contribution is -2.21. The van der Waals surface area contributed by atoms with Gasteiger partial charge >= 0.3 is 0 Å². The summed E-state index contributed by atoms with van der Waals surface area (Å²) >= 11 is 0. The summed E-state index contributed by atoms with van der Waals surface area (Å²) in [5.74, 6) is 1.15. The number of nitrogens with zero attached hydrogens (tertiary/aromatic N) is 4. The van der Waals surface area contributed by atoms with Gasteiger partial charge in [0.25, 0.3) is 0 Å². The lowest BCUT2D eigenvalue weighted by Gasteiger charge is -2.21. The van der Waals surface area contributed by atoms with Crippen LogP contribution in [0.3, 0.4) is 0 Å². The molecule has 0 saturated heterocycles. The molecule has 0 saturated carbocycles. The monoisotopic (exact) mass is 362 g/mol. The number of hydrogen-bond acceptors (Lipinski definition) is 6. The summed E-state index contributed by atoms with van der Waals surface area (Å²) in [6.07, 6.45) is 1.62. The molecule has 27 heavy (non-hydrogen) atoms. The van der Waals surface area contributed by atoms with Crippen molar-refractivity contribution in [3.05, 3.63) is 66.4 Å². The number of hydrogen-bond donors (Lipinski definition) is 2. The Morgan fingerprint density at radius 1 is 0.963 bits per heavy atom. The first kappa shape index (κ1) is 18.6. The summed E-state index contributed by atoms with van der Waals surface area (Å²) in [6.45, 7) is 8.38. The first-order chi connectivity index (χ1) is 13.2. The van der Waals surface area contributed by atoms with Gasteiger partial charge in [-0.2, -0.15) is 10.1 Å². The predicted molar refractivity (Wildman–Crippen MR) is 112 cm³/mol. The highest BCUT2D eigenvalue weighted by atomic mass is 15.3. The van der Waals surface area contributed by atoms with Crippen molar-refractivity contribution in [3.8, 4) is 0 Å². The molecule has 3 aromatic rings. The molecule has 0 amide bonds. The van der Waals surface area contributed by atoms with Gasteiger partial charge in [0, 0.05) is 24.5 Å². The highest BCUT2D eigenvalue weighted by Crippen LogP contribution is 2.21. The average Bonchev–Trinajstić information content (AvgIpc) is 2.71. The van der Waals surface area contributed by atoms with E-state index in [1.807, 2.05) is 18.2 Å². The molecular formula is C21H26N6. The Hall–Kier alpha value is -3.15. The third-order valence-electron chi connectivity index (χ3n) is 4.47. The van der Waals surface area contributed by atoms with Gasteiger partial charge in [-0.25, -0.2) is 0 Å². The van der Waals surface area contributed by atoms with Crippen LogP contribution in [-0.2, 0) is 0 Å². The van der Waals surface area contributed by atoms with Crippen molar-refractivity contribution in [1.82, 2.24) is 15.2 Å². The number of benzene rings is 2. The molecule has 1 atom stereocenters. The molecule has 0 aliphatic rings. The van der Waals surface area contributed by atoms with Crippen LogP contribution in [-0.4, -0.2) is 28.3 Å². The van der Waals surface area contributed by atoms with E-state index in [1.165, 1.54) is 11.3 Å². The molecule has 0 aliphatic heterocycles. The molecule has 140 valence electrons. The highest BCUT2D eigenvalue weighted by Gasteiger charge is 2.08. The van der Waals surface area contributed by atoms with Crippen LogP contribution >= 0.6 is 0 Å². The van der Waals surface area contributed by atoms with E-state index in [2.05, 4.69) is 87.9 Å². The molecule has 0 radical (unpaired) electrons. The van der Waals surface area contributed by atoms with Gasteiger partial charge in [0.2, 0.25) is 5.95 Å². The van der Waals surface area contributed by atoms with E-state index in [-0.39, 0.29) is 6.04 Å². The van der Waals surface area contributed by atoms with Crippen LogP contribution in [0, 0.1) is 0 Å². The van der Waals surface area contributed by atoms with Gasteiger partial charge in [-0.1, -0.05) is 30.3 Å². The Morgan fingerprint density at radius 3 is 2.33 bits per heavy atom. The zero-order valence-electron chi connectivity index (χ0n) is 16.1. The molecule has 1 heterocycles. The van der Waals surface area contributed by atoms with Crippen LogP contribution in [0.25, 0.3) is 0 Å². The first-order valence-corrected chi connectivity index (χ1v) is 9.32. The fourth-order valence-electron chi connectivity index (χ4n) is 2.94. The van der Waals surface area contributed by atoms with Crippen molar-refractivity contribution in [2.24, 2.45) is 0 Å². The molecule has 6 heteroatoms. The van der Waals surface area contributed by atoms with Gasteiger partial charge in [-0.3, -0.25) is 0 Å². The van der Waals surface area contributed by atoms with E-state index in [9.17, 15) is 0 Å². The summed E-state index contributed by atoms with van der Waals surface area (Å²) in [5.41, 5.74) is 3.35. The molecule has 0 fully saturated rings. The second kappa shape index (κ2) is 8.98. The molecule has 2 N–H and O–H groups in total. The van der Waals surface area contributed by atoms with Crippen LogP contribution in [0.1, 0.15) is 32.4 Å². The van der Waals surface area contributed by atoms with Gasteiger partial charge in [0.05, 0.1) is 12.2 Å². The lowest BCUT2D eigenvalue weighted by atomic mass is 10.1. The van der Waals surface area contributed by atoms with E-state index < -0.39 is 0 Å². The van der Waals surface area contributed by atoms with Crippen molar-refractivity contribution in [2.45, 2.75) is 26.8 Å². The van der Waals surface area contributed by atoms with Gasteiger partial charge in [-0.05, 0) is 50.6 Å². The van der Waals surface area contributed by atoms with Crippen LogP contribution in [0.15, 0.2) is 60.8 Å². The van der Waals surface area contributed by atoms with Crippen molar-refractivity contribution >= 4 is 23.1 Å². The molecule has 1 aromatic heterocycles. The van der Waals surface area contributed by atoms with Crippen molar-refractivity contribution in [3.63, 3.8) is 0 Å². The maximum atomic E-state index is 4.52. The molecule has 0 bridgehead atoms. The quantitative estimate of drug-likeness (QED) is 0.609. The maximum Gasteiger partial charge on any atom is 0.245 e. The van der Waals surface area contributed by atoms with Crippen molar-refractivity contribution in [1.29, 1.82) is 0 Å². The zero-order valence-corrected chi connectivity index (χ0v) is 16.1. The maximum absolute atomic E-state index is 4.52. The SMILES string of the molecule is CCN(CC)c1ccc(Nc2cnnc(NC(C)c3ccccc3)n2)cc1. The summed E-state index contributed by atoms with van der Waals surface area (Å²) in [5, 5.41) is 14.7. The zero-order chi connectivity index (χ0) is 19.1. The van der Waals surface area contributed by atoms with E-state index >= 15 is 0 Å². The normalized spacial score (nSPS) is 11.7. The Labute approximate surface area is 160 Å². The van der Waals surface area contributed by atoms with E-state index in [4.69, 9.17) is 0 Å². The first-order valence-electron chi connectivity index (χ1n) is 9.32. The van der Waals surface area contributed by atoms with Crippen LogP contribution < -0.4 is 15.5 Å². The minimum absolute atomic E-state index is 0.0941. The van der Waals surface area contributed by atoms with Gasteiger partial charge < -0.3 is 15.5 Å². The summed E-state index contributed by atoms with van der Waals surface area (Å²) in [6, 6.07) is 18.6. The second-order valence-electron chi connectivity index (χ2n) is 6.29.